The Morgan fingerprint density at radius 1 is 0.400 bits per heavy atom. The first-order chi connectivity index (χ1) is 0. The van der Waals surface area contributed by atoms with Crippen LogP contribution in [-0.2, 0) is 16.4 Å². The SMILES string of the molecule is [B+3].[B+3].[O-2].[O-2].[O-2]. The molecule has 0 aromatic rings. The third kappa shape index (κ3) is 166000. The van der Waals surface area contributed by atoms with E-state index in [1.54, 1.807) is 0 Å². The van der Waals surface area contributed by atoms with Gasteiger partial charge in [0.05, 0.1) is 0 Å². The fraction of sp³-hybridized carbons (Fsp3) is 0. The van der Waals surface area contributed by atoms with Gasteiger partial charge in [-0.3, -0.25) is 0 Å². The molecule has 0 aliphatic carbocycles. The Labute approximate surface area is 34.5 Å². The zero-order chi connectivity index (χ0) is 0. The van der Waals surface area contributed by atoms with Gasteiger partial charge in [0.1, 0.15) is 0 Å². The van der Waals surface area contributed by atoms with Crippen LogP contribution in [0.4, 0.5) is 0 Å². The summed E-state index contributed by atoms with van der Waals surface area (Å²) in [5.41, 5.74) is 0. The molecule has 0 aliphatic heterocycles. The van der Waals surface area contributed by atoms with Crippen molar-refractivity contribution in [2.24, 2.45) is 0 Å². The molecular formula is B2O3. The Balaban J connectivity index is 0. The Hall–Kier alpha value is 0.00987. The summed E-state index contributed by atoms with van der Waals surface area (Å²) in [5.74, 6) is 0. The predicted octanol–water partition coefficient (Wildman–Crippen LogP) is -1.12. The van der Waals surface area contributed by atoms with E-state index in [-0.39, 0.29) is 33.3 Å². The van der Waals surface area contributed by atoms with Crippen LogP contribution in [0, 0.1) is 0 Å². The van der Waals surface area contributed by atoms with Crippen LogP contribution in [0.3, 0.4) is 0 Å². The van der Waals surface area contributed by atoms with Gasteiger partial charge in [0.25, 0.3) is 0 Å². The first-order valence-electron chi connectivity index (χ1n) is 0. The van der Waals surface area contributed by atoms with Crippen molar-refractivity contribution in [3.05, 3.63) is 0 Å². The number of rotatable bonds is 0. The van der Waals surface area contributed by atoms with Crippen LogP contribution >= 0.6 is 0 Å². The fourth-order valence-electron chi connectivity index (χ4n) is 0. The van der Waals surface area contributed by atoms with Crippen LogP contribution in [0.5, 0.6) is 0 Å². The van der Waals surface area contributed by atoms with E-state index in [1.807, 2.05) is 0 Å². The normalized spacial score (nSPS) is 0. The van der Waals surface area contributed by atoms with Gasteiger partial charge in [-0.1, -0.05) is 0 Å². The first-order valence-corrected chi connectivity index (χ1v) is 0. The fourth-order valence-corrected chi connectivity index (χ4v) is 0. The molecule has 5 heteroatoms. The van der Waals surface area contributed by atoms with Gasteiger partial charge in [-0.15, -0.1) is 0 Å². The molecule has 5 heavy (non-hydrogen) atoms. The van der Waals surface area contributed by atoms with Crippen molar-refractivity contribution in [2.45, 2.75) is 0 Å². The van der Waals surface area contributed by atoms with Gasteiger partial charge in [0, 0.05) is 0 Å². The summed E-state index contributed by atoms with van der Waals surface area (Å²) in [6.45, 7) is 0. The van der Waals surface area contributed by atoms with E-state index in [9.17, 15) is 0 Å². The molecule has 0 unspecified atom stereocenters. The molecule has 24 valence electrons. The van der Waals surface area contributed by atoms with E-state index in [2.05, 4.69) is 0 Å². The zero-order valence-corrected chi connectivity index (χ0v) is 2.38. The molecule has 0 radical (unpaired) electrons. The van der Waals surface area contributed by atoms with Crippen LogP contribution in [0.1, 0.15) is 0 Å². The first kappa shape index (κ1) is 827000. The molecular weight excluding hydrogens is 69.6 g/mol. The molecule has 0 bridgehead atoms. The maximum atomic E-state index is 0. The molecule has 0 atom stereocenters. The van der Waals surface area contributed by atoms with Crippen LogP contribution < -0.4 is 0 Å². The van der Waals surface area contributed by atoms with Crippen LogP contribution in [-0.4, -0.2) is 16.8 Å². The molecule has 0 aliphatic rings. The van der Waals surface area contributed by atoms with Gasteiger partial charge in [-0.25, -0.2) is 0 Å². The molecule has 0 N–H and O–H groups in total. The minimum Gasteiger partial charge on any atom is -2.00 e. The van der Waals surface area contributed by atoms with Gasteiger partial charge in [-0.05, 0) is 0 Å². The molecule has 0 saturated carbocycles. The second-order valence-corrected chi connectivity index (χ2v) is 0. The zero-order valence-electron chi connectivity index (χ0n) is 2.38. The smallest absolute Gasteiger partial charge is 2.00 e. The van der Waals surface area contributed by atoms with Crippen molar-refractivity contribution < 1.29 is 16.4 Å². The Morgan fingerprint density at radius 2 is 0.400 bits per heavy atom. The third-order valence-electron chi connectivity index (χ3n) is 0. The minimum atomic E-state index is 0. The standard InChI is InChI=1S/2B.3O/q2*+3;3*-2. The molecule has 0 saturated heterocycles. The van der Waals surface area contributed by atoms with Crippen molar-refractivity contribution in [3.63, 3.8) is 0 Å². The maximum Gasteiger partial charge on any atom is 3.00 e. The molecule has 0 heterocycles. The summed E-state index contributed by atoms with van der Waals surface area (Å²) in [6, 6.07) is 0. The van der Waals surface area contributed by atoms with Crippen LogP contribution in [0.2, 0.25) is 0 Å². The van der Waals surface area contributed by atoms with Crippen molar-refractivity contribution in [2.75, 3.05) is 0 Å². The van der Waals surface area contributed by atoms with Gasteiger partial charge in [-0.2, -0.15) is 0 Å². The van der Waals surface area contributed by atoms with E-state index in [4.69, 9.17) is 0 Å². The molecule has 0 spiro atoms. The summed E-state index contributed by atoms with van der Waals surface area (Å²) in [6.07, 6.45) is 0. The summed E-state index contributed by atoms with van der Waals surface area (Å²) in [4.78, 5) is 0. The number of hydrogen-bond donors (Lipinski definition) is 0. The van der Waals surface area contributed by atoms with Crippen molar-refractivity contribution >= 4 is 16.8 Å². The minimum absolute atomic E-state index is 0. The Morgan fingerprint density at radius 3 is 0.400 bits per heavy atom. The molecule has 3 nitrogen and oxygen atoms in total. The van der Waals surface area contributed by atoms with Gasteiger partial charge < -0.3 is 16.4 Å². The molecule has 0 aromatic carbocycles. The maximum absolute atomic E-state index is 0. The summed E-state index contributed by atoms with van der Waals surface area (Å²) in [5, 5.41) is 0. The topological polar surface area (TPSA) is 85.5 Å². The van der Waals surface area contributed by atoms with E-state index in [0.717, 1.165) is 0 Å². The predicted molar refractivity (Wildman–Crippen MR) is 13.6 cm³/mol. The van der Waals surface area contributed by atoms with E-state index in [0.29, 0.717) is 0 Å². The van der Waals surface area contributed by atoms with E-state index >= 15 is 0 Å². The summed E-state index contributed by atoms with van der Waals surface area (Å²) in [7, 11) is 0. The Kier molecular flexibility index (Phi) is 61700000000. The van der Waals surface area contributed by atoms with Gasteiger partial charge >= 0.3 is 16.8 Å². The van der Waals surface area contributed by atoms with E-state index < -0.39 is 0 Å². The van der Waals surface area contributed by atoms with Gasteiger partial charge in [0.2, 0.25) is 0 Å². The molecule has 0 amide bonds. The number of hydrogen-bond acceptors (Lipinski definition) is 0. The molecule has 0 rings (SSSR count). The molecule has 0 fully saturated rings. The van der Waals surface area contributed by atoms with Crippen molar-refractivity contribution in [1.82, 2.24) is 0 Å². The molecule has 0 aromatic heterocycles. The average Bonchev–Trinajstić information content (AvgIpc) is 0. The second kappa shape index (κ2) is 373000. The third-order valence-corrected chi connectivity index (χ3v) is 0. The second-order valence-electron chi connectivity index (χ2n) is 0. The summed E-state index contributed by atoms with van der Waals surface area (Å²) >= 11 is 0. The van der Waals surface area contributed by atoms with Gasteiger partial charge in [0.15, 0.2) is 0 Å². The van der Waals surface area contributed by atoms with Crippen molar-refractivity contribution in [3.8, 4) is 0 Å². The monoisotopic (exact) mass is 70.0 g/mol. The summed E-state index contributed by atoms with van der Waals surface area (Å²) < 4.78 is 0. The Bertz CT molecular complexity index is 4.85. The van der Waals surface area contributed by atoms with Crippen LogP contribution in [0.15, 0.2) is 0 Å². The average molecular weight is 69.6 g/mol. The quantitative estimate of drug-likeness (QED) is 0.323. The largest absolute Gasteiger partial charge is 3.00 e. The van der Waals surface area contributed by atoms with E-state index in [1.165, 1.54) is 0 Å². The van der Waals surface area contributed by atoms with Crippen molar-refractivity contribution in [1.29, 1.82) is 0 Å². The van der Waals surface area contributed by atoms with Crippen LogP contribution in [0.25, 0.3) is 0 Å².